The van der Waals surface area contributed by atoms with E-state index in [-0.39, 0.29) is 11.0 Å². The number of aryl methyl sites for hydroxylation is 1. The van der Waals surface area contributed by atoms with E-state index in [4.69, 9.17) is 0 Å². The van der Waals surface area contributed by atoms with Crippen LogP contribution in [0.1, 0.15) is 124 Å². The maximum Gasteiger partial charge on any atom is 0.416 e. The van der Waals surface area contributed by atoms with Crippen molar-refractivity contribution in [2.24, 2.45) is 0 Å². The highest BCUT2D eigenvalue weighted by Crippen LogP contribution is 2.66. The number of anilines is 4. The number of rotatable bonds is 4. The van der Waals surface area contributed by atoms with Gasteiger partial charge in [-0.3, -0.25) is 0 Å². The first-order valence-electron chi connectivity index (χ1n) is 23.5. The Kier molecular flexibility index (Phi) is 8.31. The predicted octanol–water partition coefficient (Wildman–Crippen LogP) is 16.0. The van der Waals surface area contributed by atoms with Crippen LogP contribution in [0.25, 0.3) is 21.9 Å². The van der Waals surface area contributed by atoms with Gasteiger partial charge in [-0.1, -0.05) is 148 Å². The molecule has 64 heavy (non-hydrogen) atoms. The minimum atomic E-state index is -4.42. The molecule has 2 nitrogen and oxygen atoms in total. The molecule has 2 aliphatic heterocycles. The van der Waals surface area contributed by atoms with E-state index in [9.17, 15) is 13.2 Å². The zero-order chi connectivity index (χ0) is 44.0. The summed E-state index contributed by atoms with van der Waals surface area (Å²) in [6.07, 6.45) is 4.02. The Hall–Kier alpha value is -5.81. The standard InChI is InChI=1S/C59H55F3N2/c1-38-24-28-51-47(34-38)54(2)30-15-17-33-57(54,5)64(51)52-37-49-53(44-23-13-12-22-43(44)52)45-27-26-42(36-46(45)58(49,39-18-8-6-9-19-39)40-20-10-7-11-21-40)63-50-29-25-41(59(60,61)62)35-48(50)55(3)31-14-16-32-56(55,63)4/h6-13,18-29,34-37H,14-17,30-33H2,1-5H3. The molecule has 0 aromatic heterocycles. The van der Waals surface area contributed by atoms with Crippen LogP contribution in [-0.4, -0.2) is 11.1 Å². The van der Waals surface area contributed by atoms with E-state index in [0.717, 1.165) is 55.5 Å². The first kappa shape index (κ1) is 39.8. The molecule has 7 aromatic rings. The Morgan fingerprint density at radius 2 is 1.02 bits per heavy atom. The molecule has 322 valence electrons. The van der Waals surface area contributed by atoms with Gasteiger partial charge in [0.1, 0.15) is 0 Å². The highest BCUT2D eigenvalue weighted by atomic mass is 19.4. The number of alkyl halides is 3. The number of nitrogens with zero attached hydrogens (tertiary/aromatic N) is 2. The lowest BCUT2D eigenvalue weighted by molar-refractivity contribution is -0.137. The van der Waals surface area contributed by atoms with Crippen LogP contribution in [0.4, 0.5) is 35.9 Å². The van der Waals surface area contributed by atoms with E-state index < -0.39 is 28.1 Å². The van der Waals surface area contributed by atoms with E-state index in [1.807, 2.05) is 0 Å². The normalized spacial score (nSPS) is 26.2. The van der Waals surface area contributed by atoms with Crippen molar-refractivity contribution in [1.29, 1.82) is 0 Å². The first-order chi connectivity index (χ1) is 30.8. The highest BCUT2D eigenvalue weighted by Gasteiger charge is 2.60. The summed E-state index contributed by atoms with van der Waals surface area (Å²) in [6, 6.07) is 52.4. The fourth-order valence-corrected chi connectivity index (χ4v) is 14.2. The minimum Gasteiger partial charge on any atom is -0.334 e. The van der Waals surface area contributed by atoms with Crippen LogP contribution >= 0.6 is 0 Å². The van der Waals surface area contributed by atoms with Crippen molar-refractivity contribution < 1.29 is 13.2 Å². The zero-order valence-corrected chi connectivity index (χ0v) is 37.5. The Labute approximate surface area is 375 Å². The van der Waals surface area contributed by atoms with Crippen LogP contribution in [0, 0.1) is 6.92 Å². The van der Waals surface area contributed by atoms with Gasteiger partial charge in [-0.25, -0.2) is 0 Å². The average molecular weight is 849 g/mol. The summed E-state index contributed by atoms with van der Waals surface area (Å²) in [5, 5.41) is 2.48. The number of hydrogen-bond acceptors (Lipinski definition) is 2. The van der Waals surface area contributed by atoms with Crippen LogP contribution in [0.2, 0.25) is 0 Å². The summed E-state index contributed by atoms with van der Waals surface area (Å²) in [4.78, 5) is 5.18. The van der Waals surface area contributed by atoms with E-state index in [1.165, 1.54) is 91.6 Å². The summed E-state index contributed by atoms with van der Waals surface area (Å²) in [7, 11) is 0. The summed E-state index contributed by atoms with van der Waals surface area (Å²) in [5.74, 6) is 0. The molecule has 4 unspecified atom stereocenters. The molecule has 2 fully saturated rings. The van der Waals surface area contributed by atoms with Gasteiger partial charge in [0.2, 0.25) is 0 Å². The van der Waals surface area contributed by atoms with E-state index in [1.54, 1.807) is 6.07 Å². The van der Waals surface area contributed by atoms with Crippen molar-refractivity contribution >= 4 is 33.5 Å². The summed E-state index contributed by atoms with van der Waals surface area (Å²) >= 11 is 0. The molecule has 3 aliphatic carbocycles. The predicted molar refractivity (Wildman–Crippen MR) is 257 cm³/mol. The van der Waals surface area contributed by atoms with Crippen molar-refractivity contribution in [1.82, 2.24) is 0 Å². The van der Waals surface area contributed by atoms with Crippen molar-refractivity contribution in [2.75, 3.05) is 9.80 Å². The largest absolute Gasteiger partial charge is 0.416 e. The molecule has 0 saturated heterocycles. The quantitative estimate of drug-likeness (QED) is 0.174. The molecule has 0 spiro atoms. The van der Waals surface area contributed by atoms with Gasteiger partial charge in [0.25, 0.3) is 0 Å². The third kappa shape index (κ3) is 4.94. The van der Waals surface area contributed by atoms with Gasteiger partial charge in [0.05, 0.1) is 22.1 Å². The lowest BCUT2D eigenvalue weighted by Crippen LogP contribution is -2.54. The van der Waals surface area contributed by atoms with Gasteiger partial charge in [-0.15, -0.1) is 0 Å². The highest BCUT2D eigenvalue weighted by molar-refractivity contribution is 6.11. The Balaban J connectivity index is 1.17. The molecule has 0 bridgehead atoms. The van der Waals surface area contributed by atoms with Gasteiger partial charge < -0.3 is 9.80 Å². The molecular weight excluding hydrogens is 794 g/mol. The molecule has 5 heteroatoms. The lowest BCUT2D eigenvalue weighted by Gasteiger charge is -2.50. The van der Waals surface area contributed by atoms with Gasteiger partial charge >= 0.3 is 6.18 Å². The van der Waals surface area contributed by atoms with Gasteiger partial charge in [-0.05, 0) is 139 Å². The molecule has 2 saturated carbocycles. The topological polar surface area (TPSA) is 6.48 Å². The molecule has 7 aromatic carbocycles. The molecule has 12 rings (SSSR count). The Morgan fingerprint density at radius 3 is 1.66 bits per heavy atom. The molecule has 4 atom stereocenters. The zero-order valence-electron chi connectivity index (χ0n) is 37.5. The summed E-state index contributed by atoms with van der Waals surface area (Å²) in [5.41, 5.74) is 13.0. The monoisotopic (exact) mass is 848 g/mol. The van der Waals surface area contributed by atoms with Crippen LogP contribution < -0.4 is 9.80 Å². The second kappa shape index (κ2) is 13.4. The molecule has 5 aliphatic rings. The van der Waals surface area contributed by atoms with E-state index in [0.29, 0.717) is 0 Å². The lowest BCUT2D eigenvalue weighted by atomic mass is 9.61. The summed E-state index contributed by atoms with van der Waals surface area (Å²) in [6.45, 7) is 11.8. The third-order valence-corrected chi connectivity index (χ3v) is 17.7. The molecular formula is C59H55F3N2. The van der Waals surface area contributed by atoms with Crippen LogP contribution in [0.15, 0.2) is 146 Å². The SMILES string of the molecule is Cc1ccc2c(c1)C1(C)CCCCC1(C)N2c1cc2c(c3ccccc13)-c1ccc(N3c4ccc(C(F)(F)F)cc4C4(C)CCCCC34C)cc1C2(c1ccccc1)c1ccccc1. The second-order valence-electron chi connectivity index (χ2n) is 20.6. The maximum absolute atomic E-state index is 14.4. The average Bonchev–Trinajstić information content (AvgIpc) is 3.79. The maximum atomic E-state index is 14.4. The van der Waals surface area contributed by atoms with Crippen molar-refractivity contribution in [2.45, 2.75) is 119 Å². The van der Waals surface area contributed by atoms with Crippen LogP contribution in [-0.2, 0) is 22.4 Å². The minimum absolute atomic E-state index is 0.0167. The fraction of sp³-hybridized carbons (Fsp3) is 0.322. The van der Waals surface area contributed by atoms with Gasteiger partial charge in [0.15, 0.2) is 0 Å². The van der Waals surface area contributed by atoms with Crippen molar-refractivity contribution in [3.63, 3.8) is 0 Å². The Bertz CT molecular complexity index is 3010. The molecule has 0 N–H and O–H groups in total. The second-order valence-corrected chi connectivity index (χ2v) is 20.6. The van der Waals surface area contributed by atoms with E-state index >= 15 is 0 Å². The first-order valence-corrected chi connectivity index (χ1v) is 23.5. The number of fused-ring (bicyclic) bond motifs is 11. The van der Waals surface area contributed by atoms with Crippen molar-refractivity contribution in [3.05, 3.63) is 190 Å². The Morgan fingerprint density at radius 1 is 0.469 bits per heavy atom. The van der Waals surface area contributed by atoms with Crippen LogP contribution in [0.3, 0.4) is 0 Å². The number of halogens is 3. The molecule has 0 amide bonds. The van der Waals surface area contributed by atoms with E-state index in [2.05, 4.69) is 172 Å². The number of benzene rings is 7. The molecule has 0 radical (unpaired) electrons. The van der Waals surface area contributed by atoms with Crippen molar-refractivity contribution in [3.8, 4) is 11.1 Å². The fourth-order valence-electron chi connectivity index (χ4n) is 14.2. The van der Waals surface area contributed by atoms with Crippen LogP contribution in [0.5, 0.6) is 0 Å². The van der Waals surface area contributed by atoms with Gasteiger partial charge in [-0.2, -0.15) is 13.2 Å². The third-order valence-electron chi connectivity index (χ3n) is 17.7. The number of hydrogen-bond donors (Lipinski definition) is 0. The summed E-state index contributed by atoms with van der Waals surface area (Å²) < 4.78 is 43.3. The smallest absolute Gasteiger partial charge is 0.334 e. The van der Waals surface area contributed by atoms with Gasteiger partial charge in [0, 0.05) is 39.0 Å². The molecule has 2 heterocycles.